The topological polar surface area (TPSA) is 6.48 Å². The molecule has 0 unspecified atom stereocenters. The van der Waals surface area contributed by atoms with Crippen molar-refractivity contribution in [3.63, 3.8) is 0 Å². The van der Waals surface area contributed by atoms with E-state index in [1.807, 2.05) is 11.3 Å². The summed E-state index contributed by atoms with van der Waals surface area (Å²) in [5, 5.41) is 1.37. The standard InChI is InChI=1S/C59H71BN2S/c1-36-30-48-51-49(31-36)62(39-21-18-37(19-22-39)54(2,3)4)52-41-32-38(55(5,6)7)20-25-50(41)63-53(52)60(51)46-34-44-45(59(14,15)29-17-28-58(44,12)13)35-47(46)61(48)40-23-24-42-43(33-40)57(10,11)27-16-26-56(42,8)9/h18-25,30-35H,16-17,26-29H2,1-15H3. The summed E-state index contributed by atoms with van der Waals surface area (Å²) < 4.78 is 2.83. The number of nitrogens with zero attached hydrogens (tertiary/aromatic N) is 2. The predicted octanol–water partition coefficient (Wildman–Crippen LogP) is 15.4. The largest absolute Gasteiger partial charge is 0.311 e. The van der Waals surface area contributed by atoms with Gasteiger partial charge in [0, 0.05) is 43.3 Å². The van der Waals surface area contributed by atoms with E-state index in [1.54, 1.807) is 5.56 Å². The maximum atomic E-state index is 2.72. The SMILES string of the molecule is Cc1cc2c3c(c1)N(c1ccc(C(C)(C)C)cc1)c1c(sc4ccc(C(C)(C)C)cc14)B3c1cc3c(cc1N2c1ccc2c(c1)C(C)(C)CCCC2(C)C)C(C)(C)CCCC3(C)C. The predicted molar refractivity (Wildman–Crippen MR) is 278 cm³/mol. The smallest absolute Gasteiger partial charge is 0.264 e. The molecule has 2 nitrogen and oxygen atoms in total. The van der Waals surface area contributed by atoms with Crippen LogP contribution in [0.25, 0.3) is 10.1 Å². The second-order valence-corrected chi connectivity index (χ2v) is 25.9. The summed E-state index contributed by atoms with van der Waals surface area (Å²) in [6, 6.07) is 34.9. The molecule has 0 atom stereocenters. The highest BCUT2D eigenvalue weighted by atomic mass is 32.1. The van der Waals surface area contributed by atoms with Gasteiger partial charge in [-0.05, 0) is 170 Å². The third kappa shape index (κ3) is 6.69. The van der Waals surface area contributed by atoms with Crippen LogP contribution in [0.4, 0.5) is 34.1 Å². The molecule has 0 N–H and O–H groups in total. The first-order chi connectivity index (χ1) is 29.4. The van der Waals surface area contributed by atoms with Gasteiger partial charge in [-0.3, -0.25) is 0 Å². The Labute approximate surface area is 384 Å². The summed E-state index contributed by atoms with van der Waals surface area (Å²) in [6.07, 6.45) is 7.33. The fourth-order valence-corrected chi connectivity index (χ4v) is 13.5. The minimum atomic E-state index is 0.0318. The van der Waals surface area contributed by atoms with Crippen molar-refractivity contribution in [3.05, 3.63) is 124 Å². The van der Waals surface area contributed by atoms with Gasteiger partial charge in [-0.1, -0.05) is 140 Å². The first-order valence-electron chi connectivity index (χ1n) is 24.1. The Balaban J connectivity index is 1.33. The van der Waals surface area contributed by atoms with Crippen molar-refractivity contribution < 1.29 is 0 Å². The van der Waals surface area contributed by atoms with Gasteiger partial charge in [-0.2, -0.15) is 0 Å². The van der Waals surface area contributed by atoms with E-state index in [0.717, 1.165) is 0 Å². The zero-order valence-electron chi connectivity index (χ0n) is 41.2. The average molecular weight is 851 g/mol. The van der Waals surface area contributed by atoms with Gasteiger partial charge in [0.15, 0.2) is 0 Å². The molecule has 5 aromatic carbocycles. The number of benzene rings is 5. The summed E-state index contributed by atoms with van der Waals surface area (Å²) >= 11 is 2.03. The molecule has 0 bridgehead atoms. The Morgan fingerprint density at radius 2 is 1.02 bits per heavy atom. The molecule has 0 saturated carbocycles. The molecule has 0 saturated heterocycles. The highest BCUT2D eigenvalue weighted by molar-refractivity contribution is 7.33. The van der Waals surface area contributed by atoms with Crippen molar-refractivity contribution in [3.8, 4) is 0 Å². The lowest BCUT2D eigenvalue weighted by Crippen LogP contribution is -2.60. The summed E-state index contributed by atoms with van der Waals surface area (Å²) in [6.45, 7) is 36.4. The number of anilines is 6. The first-order valence-corrected chi connectivity index (χ1v) is 25.0. The number of rotatable bonds is 2. The van der Waals surface area contributed by atoms with E-state index in [4.69, 9.17) is 0 Å². The molecule has 0 amide bonds. The lowest BCUT2D eigenvalue weighted by molar-refractivity contribution is 0.433. The van der Waals surface area contributed by atoms with E-state index in [2.05, 4.69) is 199 Å². The molecule has 1 aromatic heterocycles. The molecular formula is C59H71BN2S. The monoisotopic (exact) mass is 851 g/mol. The molecular weight excluding hydrogens is 780 g/mol. The highest BCUT2D eigenvalue weighted by Crippen LogP contribution is 2.53. The quantitative estimate of drug-likeness (QED) is 0.126. The molecule has 0 radical (unpaired) electrons. The van der Waals surface area contributed by atoms with Crippen molar-refractivity contribution in [1.29, 1.82) is 0 Å². The average Bonchev–Trinajstić information content (AvgIpc) is 3.49. The van der Waals surface area contributed by atoms with E-state index in [9.17, 15) is 0 Å². The molecule has 6 aromatic rings. The summed E-state index contributed by atoms with van der Waals surface area (Å²) in [7, 11) is 0. The Hall–Kier alpha value is -4.28. The molecule has 4 heteroatoms. The van der Waals surface area contributed by atoms with Crippen LogP contribution in [-0.2, 0) is 32.5 Å². The van der Waals surface area contributed by atoms with Crippen LogP contribution in [0.5, 0.6) is 0 Å². The Morgan fingerprint density at radius 3 is 1.60 bits per heavy atom. The lowest BCUT2D eigenvalue weighted by atomic mass is 9.35. The first kappa shape index (κ1) is 42.7. The van der Waals surface area contributed by atoms with E-state index >= 15 is 0 Å². The summed E-state index contributed by atoms with van der Waals surface area (Å²) in [4.78, 5) is 5.38. The van der Waals surface area contributed by atoms with Crippen LogP contribution in [0.2, 0.25) is 0 Å². The van der Waals surface area contributed by atoms with E-state index in [1.165, 1.54) is 132 Å². The van der Waals surface area contributed by atoms with Crippen LogP contribution in [0.1, 0.15) is 174 Å². The molecule has 2 aliphatic carbocycles. The van der Waals surface area contributed by atoms with Crippen LogP contribution < -0.4 is 25.5 Å². The number of hydrogen-bond acceptors (Lipinski definition) is 3. The number of aryl methyl sites for hydroxylation is 1. The van der Waals surface area contributed by atoms with Crippen LogP contribution in [0, 0.1) is 6.92 Å². The maximum absolute atomic E-state index is 2.72. The lowest BCUT2D eigenvalue weighted by Gasteiger charge is -2.45. The molecule has 63 heavy (non-hydrogen) atoms. The summed E-state index contributed by atoms with van der Waals surface area (Å²) in [5.74, 6) is 0. The summed E-state index contributed by atoms with van der Waals surface area (Å²) in [5.41, 5.74) is 21.4. The van der Waals surface area contributed by atoms with Crippen molar-refractivity contribution in [2.75, 3.05) is 9.80 Å². The zero-order valence-corrected chi connectivity index (χ0v) is 42.0. The number of thiophene rings is 1. The van der Waals surface area contributed by atoms with Crippen molar-refractivity contribution in [1.82, 2.24) is 0 Å². The van der Waals surface area contributed by atoms with Crippen LogP contribution in [0.3, 0.4) is 0 Å². The minimum Gasteiger partial charge on any atom is -0.311 e. The highest BCUT2D eigenvalue weighted by Gasteiger charge is 2.48. The molecule has 0 fully saturated rings. The third-order valence-electron chi connectivity index (χ3n) is 16.2. The number of hydrogen-bond donors (Lipinski definition) is 0. The van der Waals surface area contributed by atoms with Crippen LogP contribution in [-0.4, -0.2) is 6.71 Å². The fraction of sp³-hybridized carbons (Fsp3) is 0.458. The van der Waals surface area contributed by atoms with Gasteiger partial charge in [0.1, 0.15) is 0 Å². The molecule has 326 valence electrons. The molecule has 4 aliphatic rings. The van der Waals surface area contributed by atoms with Crippen molar-refractivity contribution in [2.24, 2.45) is 0 Å². The molecule has 2 aliphatic heterocycles. The van der Waals surface area contributed by atoms with Gasteiger partial charge in [0.2, 0.25) is 0 Å². The van der Waals surface area contributed by atoms with Gasteiger partial charge < -0.3 is 9.80 Å². The van der Waals surface area contributed by atoms with E-state index in [-0.39, 0.29) is 39.2 Å². The van der Waals surface area contributed by atoms with Gasteiger partial charge in [-0.15, -0.1) is 11.3 Å². The van der Waals surface area contributed by atoms with Gasteiger partial charge in [0.25, 0.3) is 6.71 Å². The second kappa shape index (κ2) is 13.9. The van der Waals surface area contributed by atoms with Gasteiger partial charge >= 0.3 is 0 Å². The number of fused-ring (bicyclic) bond motifs is 8. The minimum absolute atomic E-state index is 0.0318. The third-order valence-corrected chi connectivity index (χ3v) is 17.4. The molecule has 0 spiro atoms. The Kier molecular flexibility index (Phi) is 9.39. The van der Waals surface area contributed by atoms with E-state index in [0.29, 0.717) is 0 Å². The normalized spacial score (nSPS) is 19.4. The van der Waals surface area contributed by atoms with Gasteiger partial charge in [0.05, 0.1) is 5.69 Å². The Morgan fingerprint density at radius 1 is 0.508 bits per heavy atom. The fourth-order valence-electron chi connectivity index (χ4n) is 12.2. The van der Waals surface area contributed by atoms with Crippen molar-refractivity contribution in [2.45, 2.75) is 175 Å². The maximum Gasteiger partial charge on any atom is 0.264 e. The Bertz CT molecular complexity index is 2830. The van der Waals surface area contributed by atoms with Crippen LogP contribution in [0.15, 0.2) is 84.9 Å². The molecule has 10 rings (SSSR count). The van der Waals surface area contributed by atoms with Gasteiger partial charge in [-0.25, -0.2) is 0 Å². The van der Waals surface area contributed by atoms with Crippen LogP contribution >= 0.6 is 11.3 Å². The zero-order chi connectivity index (χ0) is 45.0. The molecule has 3 heterocycles. The van der Waals surface area contributed by atoms with Crippen molar-refractivity contribution >= 4 is 78.0 Å². The second-order valence-electron chi connectivity index (χ2n) is 24.8. The van der Waals surface area contributed by atoms with E-state index < -0.39 is 0 Å².